The van der Waals surface area contributed by atoms with Crippen molar-refractivity contribution in [3.05, 3.63) is 46.2 Å². The van der Waals surface area contributed by atoms with Crippen molar-refractivity contribution < 1.29 is 19.1 Å². The Morgan fingerprint density at radius 3 is 2.42 bits per heavy atom. The van der Waals surface area contributed by atoms with Crippen LogP contribution in [0.4, 0.5) is 0 Å². The number of thiocarbonyl (C=S) groups is 1. The first-order chi connectivity index (χ1) is 11.5. The highest BCUT2D eigenvalue weighted by Gasteiger charge is 2.12. The van der Waals surface area contributed by atoms with Crippen LogP contribution in [0.3, 0.4) is 0 Å². The molecule has 0 saturated heterocycles. The lowest BCUT2D eigenvalue weighted by molar-refractivity contribution is 0.0935. The molecule has 3 N–H and O–H groups in total. The van der Waals surface area contributed by atoms with Gasteiger partial charge >= 0.3 is 0 Å². The summed E-state index contributed by atoms with van der Waals surface area (Å²) in [5.41, 5.74) is 5.21. The summed E-state index contributed by atoms with van der Waals surface area (Å²) < 4.78 is 10.2. The molecule has 2 rings (SSSR count). The Balaban J connectivity index is 1.90. The number of hydrogen-bond donors (Lipinski definition) is 3. The van der Waals surface area contributed by atoms with Crippen molar-refractivity contribution in [3.8, 4) is 11.5 Å². The van der Waals surface area contributed by atoms with E-state index in [-0.39, 0.29) is 11.0 Å². The molecule has 0 bridgehead atoms. The molecule has 7 nitrogen and oxygen atoms in total. The van der Waals surface area contributed by atoms with Gasteiger partial charge in [-0.3, -0.25) is 25.8 Å². The molecule has 0 saturated carbocycles. The van der Waals surface area contributed by atoms with Crippen molar-refractivity contribution >= 4 is 40.5 Å². The third kappa shape index (κ3) is 4.43. The number of nitrogens with one attached hydrogen (secondary N) is 3. The Kier molecular flexibility index (Phi) is 6.10. The van der Waals surface area contributed by atoms with E-state index in [0.717, 1.165) is 0 Å². The molecule has 1 aromatic carbocycles. The molecule has 2 amide bonds. The van der Waals surface area contributed by atoms with Crippen LogP contribution in [0.2, 0.25) is 0 Å². The summed E-state index contributed by atoms with van der Waals surface area (Å²) in [5, 5.41) is 4.23. The van der Waals surface area contributed by atoms with Crippen LogP contribution in [0.1, 0.15) is 20.0 Å². The van der Waals surface area contributed by atoms with Crippen molar-refractivity contribution in [3.63, 3.8) is 0 Å². The van der Waals surface area contributed by atoms with Gasteiger partial charge in [-0.15, -0.1) is 11.3 Å². The molecule has 24 heavy (non-hydrogen) atoms. The second-order valence-corrected chi connectivity index (χ2v) is 5.77. The quantitative estimate of drug-likeness (QED) is 0.565. The first-order valence-electron chi connectivity index (χ1n) is 6.72. The maximum atomic E-state index is 12.1. The average molecular weight is 365 g/mol. The summed E-state index contributed by atoms with van der Waals surface area (Å²) in [6.07, 6.45) is 0. The summed E-state index contributed by atoms with van der Waals surface area (Å²) in [4.78, 5) is 24.4. The zero-order chi connectivity index (χ0) is 17.5. The fraction of sp³-hybridized carbons (Fsp3) is 0.133. The zero-order valence-electron chi connectivity index (χ0n) is 12.9. The highest BCUT2D eigenvalue weighted by Crippen LogP contribution is 2.27. The van der Waals surface area contributed by atoms with Crippen molar-refractivity contribution in [2.75, 3.05) is 14.2 Å². The van der Waals surface area contributed by atoms with Crippen molar-refractivity contribution in [2.24, 2.45) is 0 Å². The Morgan fingerprint density at radius 1 is 1.04 bits per heavy atom. The fourth-order valence-corrected chi connectivity index (χ4v) is 2.53. The number of benzene rings is 1. The lowest BCUT2D eigenvalue weighted by Crippen LogP contribution is -2.48. The van der Waals surface area contributed by atoms with E-state index < -0.39 is 5.91 Å². The molecule has 1 aromatic heterocycles. The predicted molar refractivity (Wildman–Crippen MR) is 94.5 cm³/mol. The Morgan fingerprint density at radius 2 is 1.79 bits per heavy atom. The highest BCUT2D eigenvalue weighted by molar-refractivity contribution is 7.80. The summed E-state index contributed by atoms with van der Waals surface area (Å²) in [7, 11) is 2.99. The first kappa shape index (κ1) is 17.7. The highest BCUT2D eigenvalue weighted by atomic mass is 32.1. The summed E-state index contributed by atoms with van der Waals surface area (Å²) in [6, 6.07) is 8.15. The van der Waals surface area contributed by atoms with Crippen LogP contribution in [0, 0.1) is 0 Å². The van der Waals surface area contributed by atoms with E-state index >= 15 is 0 Å². The smallest absolute Gasteiger partial charge is 0.269 e. The summed E-state index contributed by atoms with van der Waals surface area (Å²) >= 11 is 6.25. The van der Waals surface area contributed by atoms with Crippen LogP contribution in [0.5, 0.6) is 11.5 Å². The number of ether oxygens (including phenoxy) is 2. The molecule has 0 aliphatic carbocycles. The molecule has 126 valence electrons. The van der Waals surface area contributed by atoms with Crippen LogP contribution in [0.25, 0.3) is 0 Å². The van der Waals surface area contributed by atoms with E-state index in [1.54, 1.807) is 29.6 Å². The molecule has 0 aliphatic heterocycles. The second-order valence-electron chi connectivity index (χ2n) is 4.41. The molecule has 0 atom stereocenters. The number of amides is 2. The first-order valence-corrected chi connectivity index (χ1v) is 8.01. The number of rotatable bonds is 4. The van der Waals surface area contributed by atoms with E-state index in [0.29, 0.717) is 21.9 Å². The molecular weight excluding hydrogens is 350 g/mol. The Bertz CT molecular complexity index is 747. The summed E-state index contributed by atoms with van der Waals surface area (Å²) in [6.45, 7) is 0. The average Bonchev–Trinajstić information content (AvgIpc) is 3.13. The number of hydrazine groups is 1. The molecule has 0 radical (unpaired) electrons. The molecule has 0 aliphatic rings. The minimum atomic E-state index is -0.441. The van der Waals surface area contributed by atoms with Crippen molar-refractivity contribution in [1.82, 2.24) is 16.2 Å². The number of carbonyl (C=O) groups excluding carboxylic acids is 2. The molecule has 0 spiro atoms. The van der Waals surface area contributed by atoms with Crippen molar-refractivity contribution in [1.29, 1.82) is 0 Å². The maximum Gasteiger partial charge on any atom is 0.269 e. The fourth-order valence-electron chi connectivity index (χ4n) is 1.77. The number of thiophene rings is 1. The van der Waals surface area contributed by atoms with Crippen LogP contribution in [-0.2, 0) is 0 Å². The van der Waals surface area contributed by atoms with Gasteiger partial charge in [0.05, 0.1) is 19.1 Å². The predicted octanol–water partition coefficient (Wildman–Crippen LogP) is 1.71. The molecule has 9 heteroatoms. The largest absolute Gasteiger partial charge is 0.493 e. The van der Waals surface area contributed by atoms with E-state index in [1.807, 2.05) is 0 Å². The number of methoxy groups -OCH3 is 2. The molecule has 1 heterocycles. The lowest BCUT2D eigenvalue weighted by atomic mass is 10.2. The molecule has 2 aromatic rings. The van der Waals surface area contributed by atoms with Gasteiger partial charge in [0.15, 0.2) is 16.6 Å². The van der Waals surface area contributed by atoms with Crippen LogP contribution in [0.15, 0.2) is 35.7 Å². The SMILES string of the molecule is COc1ccc(C(=O)NNC(=S)NC(=O)c2cccs2)cc1OC. The van der Waals surface area contributed by atoms with Gasteiger partial charge in [0.1, 0.15) is 0 Å². The van der Waals surface area contributed by atoms with E-state index in [4.69, 9.17) is 21.7 Å². The molecular formula is C15H15N3O4S2. The van der Waals surface area contributed by atoms with Gasteiger partial charge in [-0.1, -0.05) is 6.07 Å². The van der Waals surface area contributed by atoms with E-state index in [9.17, 15) is 9.59 Å². The van der Waals surface area contributed by atoms with Gasteiger partial charge in [-0.2, -0.15) is 0 Å². The number of hydrogen-bond acceptors (Lipinski definition) is 6. The summed E-state index contributed by atoms with van der Waals surface area (Å²) in [5.74, 6) is 0.158. The second kappa shape index (κ2) is 8.27. The number of carbonyl (C=O) groups is 2. The van der Waals surface area contributed by atoms with Gasteiger partial charge in [0.2, 0.25) is 0 Å². The normalized spacial score (nSPS) is 9.75. The Labute approximate surface area is 147 Å². The molecule has 0 unspecified atom stereocenters. The van der Waals surface area contributed by atoms with Gasteiger partial charge in [-0.25, -0.2) is 0 Å². The minimum absolute atomic E-state index is 0.0118. The van der Waals surface area contributed by atoms with Gasteiger partial charge < -0.3 is 9.47 Å². The third-order valence-electron chi connectivity index (χ3n) is 2.91. The topological polar surface area (TPSA) is 88.7 Å². The Hall–Kier alpha value is -2.65. The van der Waals surface area contributed by atoms with E-state index in [1.165, 1.54) is 31.6 Å². The van der Waals surface area contributed by atoms with Crippen LogP contribution >= 0.6 is 23.6 Å². The van der Waals surface area contributed by atoms with Crippen LogP contribution in [-0.4, -0.2) is 31.1 Å². The van der Waals surface area contributed by atoms with Crippen LogP contribution < -0.4 is 25.6 Å². The third-order valence-corrected chi connectivity index (χ3v) is 3.98. The zero-order valence-corrected chi connectivity index (χ0v) is 14.5. The lowest BCUT2D eigenvalue weighted by Gasteiger charge is -2.12. The standard InChI is InChI=1S/C15H15N3O4S2/c1-21-10-6-5-9(8-11(10)22-2)13(19)17-18-15(23)16-14(20)12-4-3-7-24-12/h3-8H,1-2H3,(H,17,19)(H2,16,18,20,23). The van der Waals surface area contributed by atoms with Crippen molar-refractivity contribution in [2.45, 2.75) is 0 Å². The van der Waals surface area contributed by atoms with E-state index in [2.05, 4.69) is 16.2 Å². The van der Waals surface area contributed by atoms with Gasteiger partial charge in [0, 0.05) is 5.56 Å². The maximum absolute atomic E-state index is 12.1. The minimum Gasteiger partial charge on any atom is -0.493 e. The monoisotopic (exact) mass is 365 g/mol. The van der Waals surface area contributed by atoms with Gasteiger partial charge in [-0.05, 0) is 41.9 Å². The van der Waals surface area contributed by atoms with Gasteiger partial charge in [0.25, 0.3) is 11.8 Å². The molecule has 0 fully saturated rings.